The van der Waals surface area contributed by atoms with Crippen molar-refractivity contribution in [2.24, 2.45) is 0 Å². The van der Waals surface area contributed by atoms with Crippen LogP contribution in [0, 0.1) is 0 Å². The molecule has 0 aliphatic carbocycles. The van der Waals surface area contributed by atoms with Crippen molar-refractivity contribution in [3.63, 3.8) is 0 Å². The Morgan fingerprint density at radius 2 is 2.05 bits per heavy atom. The van der Waals surface area contributed by atoms with Gasteiger partial charge in [-0.2, -0.15) is 0 Å². The molecule has 112 valence electrons. The summed E-state index contributed by atoms with van der Waals surface area (Å²) in [5.41, 5.74) is 3.66. The van der Waals surface area contributed by atoms with Crippen LogP contribution in [0.2, 0.25) is 0 Å². The Morgan fingerprint density at radius 3 is 2.81 bits per heavy atom. The number of nitrogens with one attached hydrogen (secondary N) is 1. The zero-order chi connectivity index (χ0) is 14.8. The standard InChI is InChI=1S/C17H24N4/c1-13-7-6-8-14(19-13)17-11-18-12-21(17)16-10-5-4-9-15(16)20(2)3/h4-5,9-14,19H,6-8H2,1-3H3. The van der Waals surface area contributed by atoms with Crippen molar-refractivity contribution in [2.75, 3.05) is 19.0 Å². The molecule has 1 aromatic carbocycles. The third-order valence-corrected chi connectivity index (χ3v) is 4.26. The summed E-state index contributed by atoms with van der Waals surface area (Å²) in [4.78, 5) is 6.55. The highest BCUT2D eigenvalue weighted by Gasteiger charge is 2.23. The summed E-state index contributed by atoms with van der Waals surface area (Å²) in [6.07, 6.45) is 7.65. The number of para-hydroxylation sites is 2. The zero-order valence-corrected chi connectivity index (χ0v) is 13.1. The number of piperidine rings is 1. The van der Waals surface area contributed by atoms with Crippen molar-refractivity contribution in [1.82, 2.24) is 14.9 Å². The van der Waals surface area contributed by atoms with Gasteiger partial charge in [-0.1, -0.05) is 12.1 Å². The third-order valence-electron chi connectivity index (χ3n) is 4.26. The van der Waals surface area contributed by atoms with Gasteiger partial charge in [-0.15, -0.1) is 0 Å². The Balaban J connectivity index is 1.99. The largest absolute Gasteiger partial charge is 0.376 e. The van der Waals surface area contributed by atoms with E-state index in [-0.39, 0.29) is 0 Å². The van der Waals surface area contributed by atoms with Crippen LogP contribution in [0.4, 0.5) is 5.69 Å². The second-order valence-electron chi connectivity index (χ2n) is 6.12. The lowest BCUT2D eigenvalue weighted by Crippen LogP contribution is -2.35. The van der Waals surface area contributed by atoms with E-state index in [9.17, 15) is 0 Å². The second-order valence-corrected chi connectivity index (χ2v) is 6.12. The van der Waals surface area contributed by atoms with Crippen LogP contribution >= 0.6 is 0 Å². The van der Waals surface area contributed by atoms with Crippen LogP contribution in [0.15, 0.2) is 36.8 Å². The number of anilines is 1. The maximum atomic E-state index is 4.40. The highest BCUT2D eigenvalue weighted by molar-refractivity contribution is 5.62. The van der Waals surface area contributed by atoms with Gasteiger partial charge in [0.05, 0.1) is 29.6 Å². The van der Waals surface area contributed by atoms with Crippen LogP contribution in [0.3, 0.4) is 0 Å². The average Bonchev–Trinajstić information content (AvgIpc) is 2.96. The summed E-state index contributed by atoms with van der Waals surface area (Å²) in [5, 5.41) is 3.70. The van der Waals surface area contributed by atoms with Gasteiger partial charge < -0.3 is 10.2 Å². The Hall–Kier alpha value is -1.81. The molecule has 0 amide bonds. The minimum atomic E-state index is 0.395. The first-order chi connectivity index (χ1) is 10.2. The quantitative estimate of drug-likeness (QED) is 0.940. The lowest BCUT2D eigenvalue weighted by molar-refractivity contribution is 0.334. The Bertz CT molecular complexity index is 602. The van der Waals surface area contributed by atoms with Crippen LogP contribution in [-0.4, -0.2) is 29.7 Å². The molecule has 2 heterocycles. The van der Waals surface area contributed by atoms with Gasteiger partial charge in [0.15, 0.2) is 0 Å². The van der Waals surface area contributed by atoms with Gasteiger partial charge in [0.2, 0.25) is 0 Å². The summed E-state index contributed by atoms with van der Waals surface area (Å²) < 4.78 is 2.23. The van der Waals surface area contributed by atoms with E-state index in [2.05, 4.69) is 65.1 Å². The molecule has 3 rings (SSSR count). The number of benzene rings is 1. The van der Waals surface area contributed by atoms with E-state index in [1.807, 2.05) is 12.5 Å². The summed E-state index contributed by atoms with van der Waals surface area (Å²) in [7, 11) is 4.16. The van der Waals surface area contributed by atoms with Gasteiger partial charge in [0.25, 0.3) is 0 Å². The molecule has 4 heteroatoms. The molecule has 1 aliphatic rings. The Labute approximate surface area is 126 Å². The number of imidazole rings is 1. The second kappa shape index (κ2) is 5.90. The molecule has 0 spiro atoms. The molecule has 0 bridgehead atoms. The Morgan fingerprint density at radius 1 is 1.24 bits per heavy atom. The van der Waals surface area contributed by atoms with Crippen molar-refractivity contribution in [1.29, 1.82) is 0 Å². The van der Waals surface area contributed by atoms with Crippen LogP contribution in [0.5, 0.6) is 0 Å². The molecule has 4 nitrogen and oxygen atoms in total. The molecule has 0 saturated carbocycles. The summed E-state index contributed by atoms with van der Waals surface area (Å²) in [5.74, 6) is 0. The van der Waals surface area contributed by atoms with E-state index in [4.69, 9.17) is 0 Å². The molecule has 0 radical (unpaired) electrons. The number of rotatable bonds is 3. The smallest absolute Gasteiger partial charge is 0.0995 e. The first kappa shape index (κ1) is 14.1. The van der Waals surface area contributed by atoms with Crippen LogP contribution in [0.25, 0.3) is 5.69 Å². The van der Waals surface area contributed by atoms with Gasteiger partial charge >= 0.3 is 0 Å². The van der Waals surface area contributed by atoms with E-state index >= 15 is 0 Å². The maximum Gasteiger partial charge on any atom is 0.0995 e. The van der Waals surface area contributed by atoms with E-state index in [0.717, 1.165) is 0 Å². The topological polar surface area (TPSA) is 33.1 Å². The molecule has 1 fully saturated rings. The molecular weight excluding hydrogens is 260 g/mol. The van der Waals surface area contributed by atoms with Gasteiger partial charge in [0, 0.05) is 26.2 Å². The van der Waals surface area contributed by atoms with Gasteiger partial charge in [-0.25, -0.2) is 4.98 Å². The molecule has 1 aromatic heterocycles. The fourth-order valence-electron chi connectivity index (χ4n) is 3.18. The predicted octanol–water partition coefficient (Wildman–Crippen LogP) is 3.14. The SMILES string of the molecule is CC1CCCC(c2cncn2-c2ccccc2N(C)C)N1. The third kappa shape index (κ3) is 2.81. The van der Waals surface area contributed by atoms with Crippen molar-refractivity contribution < 1.29 is 0 Å². The maximum absolute atomic E-state index is 4.40. The fourth-order valence-corrected chi connectivity index (χ4v) is 3.18. The molecule has 2 aromatic rings. The minimum absolute atomic E-state index is 0.395. The number of nitrogens with zero attached hydrogens (tertiary/aromatic N) is 3. The molecule has 2 unspecified atom stereocenters. The molecule has 1 saturated heterocycles. The van der Waals surface area contributed by atoms with Crippen LogP contribution in [0.1, 0.15) is 37.9 Å². The molecule has 1 N–H and O–H groups in total. The zero-order valence-electron chi connectivity index (χ0n) is 13.1. The van der Waals surface area contributed by atoms with Crippen LogP contribution in [-0.2, 0) is 0 Å². The normalized spacial score (nSPS) is 22.2. The monoisotopic (exact) mass is 284 g/mol. The predicted molar refractivity (Wildman–Crippen MR) is 87.1 cm³/mol. The average molecular weight is 284 g/mol. The van der Waals surface area contributed by atoms with Crippen molar-refractivity contribution in [3.8, 4) is 5.69 Å². The Kier molecular flexibility index (Phi) is 3.97. The molecule has 2 atom stereocenters. The van der Waals surface area contributed by atoms with Crippen molar-refractivity contribution >= 4 is 5.69 Å². The first-order valence-electron chi connectivity index (χ1n) is 7.72. The molecule has 1 aliphatic heterocycles. The van der Waals surface area contributed by atoms with E-state index in [1.54, 1.807) is 0 Å². The van der Waals surface area contributed by atoms with Gasteiger partial charge in [-0.05, 0) is 38.3 Å². The van der Waals surface area contributed by atoms with Crippen LogP contribution < -0.4 is 10.2 Å². The highest BCUT2D eigenvalue weighted by Crippen LogP contribution is 2.30. The van der Waals surface area contributed by atoms with Crippen molar-refractivity contribution in [2.45, 2.75) is 38.3 Å². The number of hydrogen-bond acceptors (Lipinski definition) is 3. The van der Waals surface area contributed by atoms with E-state index < -0.39 is 0 Å². The first-order valence-corrected chi connectivity index (χ1v) is 7.72. The van der Waals surface area contributed by atoms with E-state index in [0.29, 0.717) is 12.1 Å². The summed E-state index contributed by atoms with van der Waals surface area (Å²) >= 11 is 0. The number of aromatic nitrogens is 2. The van der Waals surface area contributed by atoms with Gasteiger partial charge in [-0.3, -0.25) is 4.57 Å². The fraction of sp³-hybridized carbons (Fsp3) is 0.471. The molecule has 21 heavy (non-hydrogen) atoms. The summed E-state index contributed by atoms with van der Waals surface area (Å²) in [6, 6.07) is 9.45. The number of hydrogen-bond donors (Lipinski definition) is 1. The summed E-state index contributed by atoms with van der Waals surface area (Å²) in [6.45, 7) is 2.26. The lowest BCUT2D eigenvalue weighted by Gasteiger charge is -2.30. The highest BCUT2D eigenvalue weighted by atomic mass is 15.1. The van der Waals surface area contributed by atoms with E-state index in [1.165, 1.54) is 36.3 Å². The minimum Gasteiger partial charge on any atom is -0.376 e. The lowest BCUT2D eigenvalue weighted by atomic mass is 9.97. The van der Waals surface area contributed by atoms with Gasteiger partial charge in [0.1, 0.15) is 0 Å². The molecular formula is C17H24N4. The van der Waals surface area contributed by atoms with Crippen molar-refractivity contribution in [3.05, 3.63) is 42.5 Å².